The summed E-state index contributed by atoms with van der Waals surface area (Å²) in [5.41, 5.74) is 2.79. The molecular formula is C20H20N2O3S. The molecule has 134 valence electrons. The summed E-state index contributed by atoms with van der Waals surface area (Å²) < 4.78 is 10.8. The first-order valence-corrected chi connectivity index (χ1v) is 8.73. The van der Waals surface area contributed by atoms with Crippen molar-refractivity contribution in [2.45, 2.75) is 13.0 Å². The molecule has 3 rings (SSSR count). The second-order valence-corrected chi connectivity index (χ2v) is 6.06. The van der Waals surface area contributed by atoms with E-state index in [2.05, 4.69) is 10.6 Å². The van der Waals surface area contributed by atoms with Gasteiger partial charge in [-0.05, 0) is 30.8 Å². The van der Waals surface area contributed by atoms with Gasteiger partial charge in [-0.25, -0.2) is 4.79 Å². The fourth-order valence-corrected chi connectivity index (χ4v) is 3.18. The second kappa shape index (κ2) is 8.01. The first-order chi connectivity index (χ1) is 12.7. The van der Waals surface area contributed by atoms with Crippen molar-refractivity contribution in [3.05, 3.63) is 71.3 Å². The summed E-state index contributed by atoms with van der Waals surface area (Å²) >= 11 is 5.39. The minimum absolute atomic E-state index is 0.285. The molecule has 1 atom stereocenters. The number of benzene rings is 2. The predicted molar refractivity (Wildman–Crippen MR) is 105 cm³/mol. The Morgan fingerprint density at radius 1 is 1.12 bits per heavy atom. The summed E-state index contributed by atoms with van der Waals surface area (Å²) in [4.78, 5) is 12.8. The van der Waals surface area contributed by atoms with Gasteiger partial charge in [-0.2, -0.15) is 0 Å². The topological polar surface area (TPSA) is 59.6 Å². The van der Waals surface area contributed by atoms with Crippen LogP contribution in [-0.4, -0.2) is 24.8 Å². The fourth-order valence-electron chi connectivity index (χ4n) is 2.96. The molecule has 0 spiro atoms. The van der Waals surface area contributed by atoms with E-state index in [0.717, 1.165) is 11.1 Å². The largest absolute Gasteiger partial charge is 0.496 e. The van der Waals surface area contributed by atoms with Crippen molar-refractivity contribution in [1.29, 1.82) is 0 Å². The first-order valence-electron chi connectivity index (χ1n) is 8.32. The third kappa shape index (κ3) is 3.55. The molecule has 0 amide bonds. The zero-order chi connectivity index (χ0) is 18.5. The number of hydrogen-bond donors (Lipinski definition) is 2. The molecule has 0 fully saturated rings. The van der Waals surface area contributed by atoms with E-state index in [0.29, 0.717) is 22.1 Å². The van der Waals surface area contributed by atoms with Crippen LogP contribution in [0.4, 0.5) is 0 Å². The van der Waals surface area contributed by atoms with E-state index in [1.807, 2.05) is 54.6 Å². The Bertz CT molecular complexity index is 849. The Morgan fingerprint density at radius 3 is 2.50 bits per heavy atom. The van der Waals surface area contributed by atoms with Crippen LogP contribution in [0.25, 0.3) is 5.70 Å². The summed E-state index contributed by atoms with van der Waals surface area (Å²) in [5, 5.41) is 6.73. The molecule has 1 aliphatic heterocycles. The van der Waals surface area contributed by atoms with Crippen LogP contribution in [0.3, 0.4) is 0 Å². The molecule has 0 radical (unpaired) electrons. The lowest BCUT2D eigenvalue weighted by molar-refractivity contribution is -0.138. The predicted octanol–water partition coefficient (Wildman–Crippen LogP) is 3.19. The van der Waals surface area contributed by atoms with Crippen molar-refractivity contribution in [3.8, 4) is 5.75 Å². The highest BCUT2D eigenvalue weighted by molar-refractivity contribution is 7.80. The molecule has 2 N–H and O–H groups in total. The average Bonchev–Trinajstić information content (AvgIpc) is 2.68. The van der Waals surface area contributed by atoms with Crippen molar-refractivity contribution in [2.75, 3.05) is 13.7 Å². The second-order valence-electron chi connectivity index (χ2n) is 5.65. The quantitative estimate of drug-likeness (QED) is 0.624. The highest BCUT2D eigenvalue weighted by atomic mass is 32.1. The molecular weight excluding hydrogens is 348 g/mol. The maximum absolute atomic E-state index is 12.8. The minimum atomic E-state index is -0.478. The molecule has 5 nitrogen and oxygen atoms in total. The van der Waals surface area contributed by atoms with Crippen LogP contribution >= 0.6 is 12.2 Å². The van der Waals surface area contributed by atoms with Gasteiger partial charge in [-0.1, -0.05) is 48.5 Å². The third-order valence-electron chi connectivity index (χ3n) is 4.08. The van der Waals surface area contributed by atoms with Gasteiger partial charge in [-0.15, -0.1) is 0 Å². The lowest BCUT2D eigenvalue weighted by Gasteiger charge is -2.31. The van der Waals surface area contributed by atoms with Crippen LogP contribution in [0.15, 0.2) is 60.2 Å². The number of nitrogens with one attached hydrogen (secondary N) is 2. The van der Waals surface area contributed by atoms with Crippen molar-refractivity contribution in [3.63, 3.8) is 0 Å². The van der Waals surface area contributed by atoms with Crippen molar-refractivity contribution in [2.24, 2.45) is 0 Å². The lowest BCUT2D eigenvalue weighted by atomic mass is 9.92. The number of carbonyl (C=O) groups is 1. The number of ether oxygens (including phenoxy) is 2. The van der Waals surface area contributed by atoms with Gasteiger partial charge >= 0.3 is 5.97 Å². The molecule has 2 aromatic rings. The molecule has 0 saturated heterocycles. The molecule has 6 heteroatoms. The molecule has 0 bridgehead atoms. The van der Waals surface area contributed by atoms with Gasteiger partial charge in [0.2, 0.25) is 0 Å². The van der Waals surface area contributed by atoms with Gasteiger partial charge < -0.3 is 20.1 Å². The zero-order valence-corrected chi connectivity index (χ0v) is 15.4. The maximum Gasteiger partial charge on any atom is 0.338 e. The molecule has 26 heavy (non-hydrogen) atoms. The van der Waals surface area contributed by atoms with Crippen LogP contribution < -0.4 is 15.4 Å². The number of thiocarbonyl (C=S) groups is 1. The van der Waals surface area contributed by atoms with E-state index >= 15 is 0 Å². The van der Waals surface area contributed by atoms with E-state index in [9.17, 15) is 4.79 Å². The SMILES string of the molecule is CCOC(=O)C1=C(c2ccccc2)NC(=S)N[C@@H]1c1ccccc1OC. The number of para-hydroxylation sites is 1. The number of methoxy groups -OCH3 is 1. The minimum Gasteiger partial charge on any atom is -0.496 e. The molecule has 2 aromatic carbocycles. The molecule has 0 unspecified atom stereocenters. The number of hydrogen-bond acceptors (Lipinski definition) is 4. The summed E-state index contributed by atoms with van der Waals surface area (Å²) in [6.07, 6.45) is 0. The summed E-state index contributed by atoms with van der Waals surface area (Å²) in [7, 11) is 1.60. The van der Waals surface area contributed by atoms with E-state index < -0.39 is 12.0 Å². The molecule has 1 aliphatic rings. The van der Waals surface area contributed by atoms with Gasteiger partial charge in [0.05, 0.1) is 31.0 Å². The van der Waals surface area contributed by atoms with Crippen LogP contribution in [0, 0.1) is 0 Å². The van der Waals surface area contributed by atoms with Crippen LogP contribution in [0.2, 0.25) is 0 Å². The third-order valence-corrected chi connectivity index (χ3v) is 4.30. The zero-order valence-electron chi connectivity index (χ0n) is 14.6. The van der Waals surface area contributed by atoms with Gasteiger partial charge in [0, 0.05) is 5.56 Å². The molecule has 0 saturated carbocycles. The maximum atomic E-state index is 12.8. The van der Waals surface area contributed by atoms with Crippen LogP contribution in [0.5, 0.6) is 5.75 Å². The monoisotopic (exact) mass is 368 g/mol. The summed E-state index contributed by atoms with van der Waals surface area (Å²) in [5.74, 6) is 0.272. The number of rotatable bonds is 5. The Hall–Kier alpha value is -2.86. The fraction of sp³-hybridized carbons (Fsp3) is 0.200. The Morgan fingerprint density at radius 2 is 1.81 bits per heavy atom. The van der Waals surface area contributed by atoms with Gasteiger partial charge in [0.15, 0.2) is 5.11 Å². The average molecular weight is 368 g/mol. The van der Waals surface area contributed by atoms with Crippen molar-refractivity contribution < 1.29 is 14.3 Å². The molecule has 0 aromatic heterocycles. The van der Waals surface area contributed by atoms with E-state index in [1.54, 1.807) is 14.0 Å². The van der Waals surface area contributed by atoms with Crippen molar-refractivity contribution in [1.82, 2.24) is 10.6 Å². The van der Waals surface area contributed by atoms with Crippen LogP contribution in [-0.2, 0) is 9.53 Å². The smallest absolute Gasteiger partial charge is 0.338 e. The van der Waals surface area contributed by atoms with Gasteiger partial charge in [-0.3, -0.25) is 0 Å². The summed E-state index contributed by atoms with van der Waals surface area (Å²) in [6.45, 7) is 2.07. The number of esters is 1. The Balaban J connectivity index is 2.21. The first kappa shape index (κ1) is 17.9. The van der Waals surface area contributed by atoms with E-state index in [4.69, 9.17) is 21.7 Å². The lowest BCUT2D eigenvalue weighted by Crippen LogP contribution is -2.45. The Kier molecular flexibility index (Phi) is 5.53. The van der Waals surface area contributed by atoms with Gasteiger partial charge in [0.25, 0.3) is 0 Å². The van der Waals surface area contributed by atoms with E-state index in [1.165, 1.54) is 0 Å². The van der Waals surface area contributed by atoms with Crippen LogP contribution in [0.1, 0.15) is 24.1 Å². The van der Waals surface area contributed by atoms with Crippen molar-refractivity contribution >= 4 is 29.0 Å². The van der Waals surface area contributed by atoms with E-state index in [-0.39, 0.29) is 6.61 Å². The standard InChI is InChI=1S/C20H20N2O3S/c1-3-25-19(23)16-17(13-9-5-4-6-10-13)21-20(26)22-18(16)14-11-7-8-12-15(14)24-2/h4-12,18H,3H2,1-2H3,(H2,21,22,26)/t18-/m1/s1. The number of carbonyl (C=O) groups excluding carboxylic acids is 1. The van der Waals surface area contributed by atoms with Gasteiger partial charge in [0.1, 0.15) is 5.75 Å². The Labute approximate surface area is 158 Å². The highest BCUT2D eigenvalue weighted by Gasteiger charge is 2.34. The molecule has 1 heterocycles. The normalized spacial score (nSPS) is 16.5. The molecule has 0 aliphatic carbocycles. The highest BCUT2D eigenvalue weighted by Crippen LogP contribution is 2.36. The summed E-state index contributed by atoms with van der Waals surface area (Å²) in [6, 6.07) is 16.7.